The number of aromatic hydroxyl groups is 1. The van der Waals surface area contributed by atoms with Crippen LogP contribution in [0.4, 0.5) is 0 Å². The van der Waals surface area contributed by atoms with Crippen molar-refractivity contribution < 1.29 is 24.5 Å². The Balaban J connectivity index is 2.08. The first-order valence-corrected chi connectivity index (χ1v) is 9.09. The summed E-state index contributed by atoms with van der Waals surface area (Å²) in [6.45, 7) is 0. The first kappa shape index (κ1) is 19.0. The van der Waals surface area contributed by atoms with E-state index in [1.807, 2.05) is 6.07 Å². The normalized spacial score (nSPS) is 20.9. The van der Waals surface area contributed by atoms with E-state index in [1.165, 1.54) is 18.2 Å². The van der Waals surface area contributed by atoms with Crippen LogP contribution in [-0.2, 0) is 14.3 Å². The zero-order valence-corrected chi connectivity index (χ0v) is 15.3. The van der Waals surface area contributed by atoms with E-state index in [0.29, 0.717) is 18.4 Å². The molecule has 8 heteroatoms. The van der Waals surface area contributed by atoms with Gasteiger partial charge in [0.05, 0.1) is 22.6 Å². The summed E-state index contributed by atoms with van der Waals surface area (Å²) in [6, 6.07) is 7.84. The van der Waals surface area contributed by atoms with Crippen molar-refractivity contribution in [3.63, 3.8) is 0 Å². The summed E-state index contributed by atoms with van der Waals surface area (Å²) >= 11 is 4.97. The average molecular weight is 387 g/mol. The molecule has 2 aliphatic rings. The third-order valence-electron chi connectivity index (χ3n) is 4.93. The molecular formula is C19H19N2O5S-. The zero-order chi connectivity index (χ0) is 19.6. The molecule has 142 valence electrons. The van der Waals surface area contributed by atoms with E-state index in [0.717, 1.165) is 19.3 Å². The first-order valence-electron chi connectivity index (χ1n) is 8.68. The van der Waals surface area contributed by atoms with Crippen LogP contribution in [0.3, 0.4) is 0 Å². The minimum atomic E-state index is -1.23. The largest absolute Gasteiger partial charge is 0.574 e. The Kier molecular flexibility index (Phi) is 5.24. The molecule has 0 radical (unpaired) electrons. The maximum absolute atomic E-state index is 12.8. The van der Waals surface area contributed by atoms with Crippen molar-refractivity contribution in [2.24, 2.45) is 11.7 Å². The number of nitriles is 1. The molecule has 1 fully saturated rings. The van der Waals surface area contributed by atoms with Crippen LogP contribution in [0.2, 0.25) is 0 Å². The van der Waals surface area contributed by atoms with Gasteiger partial charge in [-0.05, 0) is 43.4 Å². The summed E-state index contributed by atoms with van der Waals surface area (Å²) < 4.78 is 11.1. The van der Waals surface area contributed by atoms with E-state index in [2.05, 4.69) is 0 Å². The number of phenolic OH excluding ortho intramolecular Hbond substituents is 1. The van der Waals surface area contributed by atoms with E-state index in [9.17, 15) is 20.3 Å². The maximum atomic E-state index is 12.8. The molecule has 0 saturated heterocycles. The molecule has 1 aliphatic heterocycles. The molecule has 1 saturated carbocycles. The molecule has 0 bridgehead atoms. The van der Waals surface area contributed by atoms with E-state index in [-0.39, 0.29) is 16.3 Å². The molecule has 3 N–H and O–H groups in total. The van der Waals surface area contributed by atoms with Gasteiger partial charge < -0.3 is 25.4 Å². The number of carbonyl (C=O) groups excluding carboxylic acids is 1. The Labute approximate surface area is 162 Å². The molecule has 2 unspecified atom stereocenters. The van der Waals surface area contributed by atoms with Gasteiger partial charge in [-0.3, -0.25) is 0 Å². The molecule has 1 spiro atoms. The Morgan fingerprint density at radius 2 is 2.04 bits per heavy atom. The monoisotopic (exact) mass is 387 g/mol. The van der Waals surface area contributed by atoms with Crippen LogP contribution in [0.1, 0.15) is 43.6 Å². The molecule has 7 nitrogen and oxygen atoms in total. The minimum Gasteiger partial charge on any atom is -0.574 e. The number of rotatable bonds is 4. The van der Waals surface area contributed by atoms with Crippen LogP contribution in [0.5, 0.6) is 5.75 Å². The number of carbonyl (C=O) groups is 1. The Hall–Kier alpha value is -2.79. The lowest BCUT2D eigenvalue weighted by molar-refractivity contribution is -0.402. The van der Waals surface area contributed by atoms with Gasteiger partial charge in [-0.1, -0.05) is 30.8 Å². The predicted octanol–water partition coefficient (Wildman–Crippen LogP) is 1.71. The second-order valence-electron chi connectivity index (χ2n) is 6.75. The van der Waals surface area contributed by atoms with Gasteiger partial charge in [-0.25, -0.2) is 4.79 Å². The van der Waals surface area contributed by atoms with Gasteiger partial charge in [-0.15, -0.1) is 0 Å². The topological polar surface area (TPSA) is 129 Å². The van der Waals surface area contributed by atoms with E-state index in [1.54, 1.807) is 6.07 Å². The van der Waals surface area contributed by atoms with E-state index in [4.69, 9.17) is 27.4 Å². The van der Waals surface area contributed by atoms with Gasteiger partial charge in [-0.2, -0.15) is 5.26 Å². The van der Waals surface area contributed by atoms with Crippen molar-refractivity contribution in [3.8, 4) is 11.8 Å². The summed E-state index contributed by atoms with van der Waals surface area (Å²) in [5, 5.41) is 32.1. The second kappa shape index (κ2) is 7.45. The van der Waals surface area contributed by atoms with Crippen molar-refractivity contribution in [2.45, 2.75) is 43.8 Å². The standard InChI is InChI=1S/C19H20N2O5S/c20-10-13(16(21)27)14(11-5-4-6-12(22)9-11)15-17(23)25-19(26-18(15)24)7-2-1-3-8-19/h4-6,9,13-14,22-23H,1-3,7-8H2,(H2,21,27)/p-1. The van der Waals surface area contributed by atoms with Gasteiger partial charge in [0, 0.05) is 5.92 Å². The zero-order valence-electron chi connectivity index (χ0n) is 14.5. The number of nitrogens with zero attached hydrogens (tertiary/aromatic N) is 1. The number of esters is 1. The summed E-state index contributed by atoms with van der Waals surface area (Å²) in [5.74, 6) is -5.22. The number of nitrogens with two attached hydrogens (primary N) is 1. The van der Waals surface area contributed by atoms with Gasteiger partial charge >= 0.3 is 5.97 Å². The quantitative estimate of drug-likeness (QED) is 0.590. The summed E-state index contributed by atoms with van der Waals surface area (Å²) in [6.07, 6.45) is 3.47. The highest BCUT2D eigenvalue weighted by molar-refractivity contribution is 7.80. The highest BCUT2D eigenvalue weighted by Gasteiger charge is 2.43. The fourth-order valence-corrected chi connectivity index (χ4v) is 3.84. The van der Waals surface area contributed by atoms with Crippen LogP contribution >= 0.6 is 12.2 Å². The number of hydrogen-bond acceptors (Lipinski definition) is 7. The van der Waals surface area contributed by atoms with Gasteiger partial charge in [0.15, 0.2) is 5.79 Å². The summed E-state index contributed by atoms with van der Waals surface area (Å²) in [4.78, 5) is 12.6. The van der Waals surface area contributed by atoms with Crippen molar-refractivity contribution in [2.75, 3.05) is 0 Å². The van der Waals surface area contributed by atoms with Crippen LogP contribution in [0, 0.1) is 17.2 Å². The van der Waals surface area contributed by atoms with E-state index >= 15 is 0 Å². The molecule has 1 aliphatic carbocycles. The van der Waals surface area contributed by atoms with Crippen LogP contribution in [-0.4, -0.2) is 21.9 Å². The number of hydrogen-bond donors (Lipinski definition) is 2. The van der Waals surface area contributed by atoms with Crippen molar-refractivity contribution in [1.29, 1.82) is 5.26 Å². The number of benzene rings is 1. The van der Waals surface area contributed by atoms with Gasteiger partial charge in [0.25, 0.3) is 0 Å². The Morgan fingerprint density at radius 1 is 1.33 bits per heavy atom. The first-order chi connectivity index (χ1) is 12.9. The summed E-state index contributed by atoms with van der Waals surface area (Å²) in [7, 11) is 0. The smallest absolute Gasteiger partial charge is 0.337 e. The number of ether oxygens (including phenoxy) is 2. The SMILES string of the molecule is N#CC(C(N)=S)C(C1=C([O-])OC2(CCCCC2)OC1=O)c1cccc(O)c1. The van der Waals surface area contributed by atoms with Crippen LogP contribution < -0.4 is 10.8 Å². The van der Waals surface area contributed by atoms with Crippen molar-refractivity contribution >= 4 is 23.2 Å². The molecule has 27 heavy (non-hydrogen) atoms. The highest BCUT2D eigenvalue weighted by atomic mass is 32.1. The second-order valence-corrected chi connectivity index (χ2v) is 7.22. The van der Waals surface area contributed by atoms with E-state index < -0.39 is 29.5 Å². The summed E-state index contributed by atoms with van der Waals surface area (Å²) in [5.41, 5.74) is 5.69. The Morgan fingerprint density at radius 3 is 2.59 bits per heavy atom. The molecule has 0 amide bonds. The molecule has 0 aromatic heterocycles. The molecule has 1 aromatic carbocycles. The molecule has 1 heterocycles. The lowest BCUT2D eigenvalue weighted by Gasteiger charge is -2.47. The molecule has 3 rings (SSSR count). The fraction of sp³-hybridized carbons (Fsp3) is 0.421. The van der Waals surface area contributed by atoms with Gasteiger partial charge in [0.1, 0.15) is 11.7 Å². The van der Waals surface area contributed by atoms with Crippen molar-refractivity contribution in [1.82, 2.24) is 0 Å². The molecule has 2 atom stereocenters. The van der Waals surface area contributed by atoms with Gasteiger partial charge in [0.2, 0.25) is 0 Å². The van der Waals surface area contributed by atoms with Crippen LogP contribution in [0.15, 0.2) is 35.8 Å². The molecular weight excluding hydrogens is 368 g/mol. The maximum Gasteiger partial charge on any atom is 0.337 e. The fourth-order valence-electron chi connectivity index (χ4n) is 3.65. The molecule has 1 aromatic rings. The van der Waals surface area contributed by atoms with Crippen LogP contribution in [0.25, 0.3) is 0 Å². The number of phenols is 1. The Bertz CT molecular complexity index is 839. The predicted molar refractivity (Wildman–Crippen MR) is 96.8 cm³/mol. The number of thiocarbonyl (C=S) groups is 1. The minimum absolute atomic E-state index is 0.0842. The average Bonchev–Trinajstić information content (AvgIpc) is 2.60. The lowest BCUT2D eigenvalue weighted by atomic mass is 9.80. The third-order valence-corrected chi connectivity index (χ3v) is 5.19. The third kappa shape index (κ3) is 3.69. The highest BCUT2D eigenvalue weighted by Crippen LogP contribution is 2.43. The van der Waals surface area contributed by atoms with Crippen molar-refractivity contribution in [3.05, 3.63) is 41.3 Å². The lowest BCUT2D eigenvalue weighted by Crippen LogP contribution is -2.47.